The first kappa shape index (κ1) is 15.3. The fraction of sp³-hybridized carbons (Fsp3) is 0.150. The summed E-state index contributed by atoms with van der Waals surface area (Å²) in [7, 11) is 0. The molecule has 2 aromatic heterocycles. The molecule has 0 aliphatic heterocycles. The average Bonchev–Trinajstić information content (AvgIpc) is 2.99. The molecule has 5 heteroatoms. The SMILES string of the molecule is Cc1ncc(C)n2c(=Nc3ccccc3)[n-][n+](Cc3ccccc3)c12. The predicted molar refractivity (Wildman–Crippen MR) is 95.4 cm³/mol. The zero-order valence-corrected chi connectivity index (χ0v) is 14.3. The van der Waals surface area contributed by atoms with E-state index in [9.17, 15) is 0 Å². The van der Waals surface area contributed by atoms with E-state index < -0.39 is 0 Å². The lowest BCUT2D eigenvalue weighted by Crippen LogP contribution is -2.41. The van der Waals surface area contributed by atoms with Gasteiger partial charge < -0.3 is 4.99 Å². The average molecular weight is 329 g/mol. The van der Waals surface area contributed by atoms with E-state index in [1.807, 2.05) is 73.3 Å². The Labute approximate surface area is 145 Å². The van der Waals surface area contributed by atoms with Crippen molar-refractivity contribution in [2.75, 3.05) is 0 Å². The summed E-state index contributed by atoms with van der Waals surface area (Å²) in [5, 5.41) is 4.77. The lowest BCUT2D eigenvalue weighted by Gasteiger charge is -2.00. The molecule has 25 heavy (non-hydrogen) atoms. The fourth-order valence-electron chi connectivity index (χ4n) is 2.95. The van der Waals surface area contributed by atoms with Crippen LogP contribution in [0.3, 0.4) is 0 Å². The molecule has 0 aliphatic rings. The molecule has 0 radical (unpaired) electrons. The van der Waals surface area contributed by atoms with Crippen molar-refractivity contribution in [3.8, 4) is 0 Å². The molecule has 4 aromatic rings. The Morgan fingerprint density at radius 1 is 1.00 bits per heavy atom. The van der Waals surface area contributed by atoms with Crippen molar-refractivity contribution in [3.05, 3.63) is 89.4 Å². The highest BCUT2D eigenvalue weighted by Gasteiger charge is 2.17. The Morgan fingerprint density at radius 2 is 1.68 bits per heavy atom. The number of hydrogen-bond donors (Lipinski definition) is 0. The highest BCUT2D eigenvalue weighted by atomic mass is 15.4. The van der Waals surface area contributed by atoms with Gasteiger partial charge in [-0.1, -0.05) is 60.7 Å². The number of aryl methyl sites for hydroxylation is 2. The summed E-state index contributed by atoms with van der Waals surface area (Å²) in [5.41, 5.74) is 5.66. The van der Waals surface area contributed by atoms with Crippen LogP contribution >= 0.6 is 0 Å². The summed E-state index contributed by atoms with van der Waals surface area (Å²) in [5.74, 6) is 0. The minimum atomic E-state index is 0.667. The van der Waals surface area contributed by atoms with Crippen LogP contribution in [-0.4, -0.2) is 9.38 Å². The quantitative estimate of drug-likeness (QED) is 0.542. The molecule has 0 bridgehead atoms. The van der Waals surface area contributed by atoms with Crippen LogP contribution in [0.4, 0.5) is 5.69 Å². The molecule has 0 spiro atoms. The molecular weight excluding hydrogens is 310 g/mol. The zero-order chi connectivity index (χ0) is 17.2. The highest BCUT2D eigenvalue weighted by molar-refractivity contribution is 5.39. The van der Waals surface area contributed by atoms with E-state index in [1.54, 1.807) is 0 Å². The maximum absolute atomic E-state index is 4.77. The monoisotopic (exact) mass is 329 g/mol. The van der Waals surface area contributed by atoms with E-state index in [1.165, 1.54) is 5.56 Å². The number of fused-ring (bicyclic) bond motifs is 1. The van der Waals surface area contributed by atoms with E-state index in [4.69, 9.17) is 10.1 Å². The van der Waals surface area contributed by atoms with Crippen LogP contribution in [0.1, 0.15) is 17.0 Å². The summed E-state index contributed by atoms with van der Waals surface area (Å²) in [6, 6.07) is 20.2. The molecule has 0 atom stereocenters. The van der Waals surface area contributed by atoms with E-state index in [-0.39, 0.29) is 0 Å². The van der Waals surface area contributed by atoms with E-state index in [0.717, 1.165) is 22.7 Å². The van der Waals surface area contributed by atoms with Crippen LogP contribution in [0, 0.1) is 13.8 Å². The van der Waals surface area contributed by atoms with Gasteiger partial charge in [-0.3, -0.25) is 0 Å². The number of benzene rings is 2. The number of para-hydroxylation sites is 1. The second kappa shape index (κ2) is 6.36. The molecule has 0 N–H and O–H groups in total. The van der Waals surface area contributed by atoms with Crippen molar-refractivity contribution in [1.82, 2.24) is 14.5 Å². The molecule has 2 heterocycles. The van der Waals surface area contributed by atoms with Crippen molar-refractivity contribution >= 4 is 11.3 Å². The number of hydrogen-bond acceptors (Lipinski definition) is 2. The van der Waals surface area contributed by atoms with Gasteiger partial charge in [0.25, 0.3) is 0 Å². The molecule has 0 saturated heterocycles. The van der Waals surface area contributed by atoms with Crippen LogP contribution < -0.4 is 15.4 Å². The van der Waals surface area contributed by atoms with E-state index >= 15 is 0 Å². The second-order valence-electron chi connectivity index (χ2n) is 6.03. The van der Waals surface area contributed by atoms with Gasteiger partial charge in [-0.25, -0.2) is 4.98 Å². The van der Waals surface area contributed by atoms with Gasteiger partial charge in [0.2, 0.25) is 5.62 Å². The smallest absolute Gasteiger partial charge is 0.318 e. The predicted octanol–water partition coefficient (Wildman–Crippen LogP) is 2.48. The van der Waals surface area contributed by atoms with Crippen LogP contribution in [0.5, 0.6) is 0 Å². The summed E-state index contributed by atoms with van der Waals surface area (Å²) in [6.07, 6.45) is 1.86. The van der Waals surface area contributed by atoms with Gasteiger partial charge in [0.15, 0.2) is 0 Å². The van der Waals surface area contributed by atoms with Gasteiger partial charge in [-0.2, -0.15) is 14.2 Å². The first-order chi connectivity index (χ1) is 12.2. The number of nitrogens with zero attached hydrogens (tertiary/aromatic N) is 5. The Balaban J connectivity index is 1.95. The molecule has 0 saturated carbocycles. The largest absolute Gasteiger partial charge is 0.323 e. The molecule has 0 amide bonds. The van der Waals surface area contributed by atoms with Gasteiger partial charge in [0, 0.05) is 0 Å². The third kappa shape index (κ3) is 2.96. The normalized spacial score (nSPS) is 12.0. The minimum Gasteiger partial charge on any atom is -0.323 e. The molecular formula is C20H19N5. The summed E-state index contributed by atoms with van der Waals surface area (Å²) < 4.78 is 4.05. The van der Waals surface area contributed by atoms with Gasteiger partial charge in [0.1, 0.15) is 17.9 Å². The van der Waals surface area contributed by atoms with Crippen LogP contribution in [0.2, 0.25) is 0 Å². The van der Waals surface area contributed by atoms with Crippen molar-refractivity contribution in [2.45, 2.75) is 20.4 Å². The van der Waals surface area contributed by atoms with Crippen molar-refractivity contribution < 1.29 is 4.68 Å². The van der Waals surface area contributed by atoms with Crippen LogP contribution in [0.15, 0.2) is 71.9 Å². The third-order valence-corrected chi connectivity index (χ3v) is 4.15. The van der Waals surface area contributed by atoms with Gasteiger partial charge >= 0.3 is 5.65 Å². The Kier molecular flexibility index (Phi) is 3.90. The van der Waals surface area contributed by atoms with Gasteiger partial charge in [-0.15, -0.1) is 0 Å². The maximum atomic E-state index is 4.77. The van der Waals surface area contributed by atoms with E-state index in [0.29, 0.717) is 12.2 Å². The minimum absolute atomic E-state index is 0.667. The number of rotatable bonds is 3. The second-order valence-corrected chi connectivity index (χ2v) is 6.03. The molecule has 0 unspecified atom stereocenters. The third-order valence-electron chi connectivity index (χ3n) is 4.15. The zero-order valence-electron chi connectivity index (χ0n) is 14.3. The van der Waals surface area contributed by atoms with Crippen LogP contribution in [0.25, 0.3) is 5.65 Å². The Hall–Kier alpha value is -3.21. The first-order valence-corrected chi connectivity index (χ1v) is 8.28. The topological polar surface area (TPSA) is 47.6 Å². The Morgan fingerprint density at radius 3 is 2.40 bits per heavy atom. The summed E-state index contributed by atoms with van der Waals surface area (Å²) in [6.45, 7) is 4.71. The standard InChI is InChI=1S/C20H19N5/c1-15-13-21-16(2)19-24(14-17-9-5-3-6-10-17)23-20(25(15)19)22-18-11-7-4-8-12-18/h3-13H,14H2,1-2H3. The fourth-order valence-corrected chi connectivity index (χ4v) is 2.95. The molecule has 5 nitrogen and oxygen atoms in total. The first-order valence-electron chi connectivity index (χ1n) is 8.28. The lowest BCUT2D eigenvalue weighted by atomic mass is 10.2. The van der Waals surface area contributed by atoms with Crippen molar-refractivity contribution in [2.24, 2.45) is 4.99 Å². The van der Waals surface area contributed by atoms with Gasteiger partial charge in [-0.05, 0) is 25.1 Å². The summed E-state index contributed by atoms with van der Waals surface area (Å²) >= 11 is 0. The highest BCUT2D eigenvalue weighted by Crippen LogP contribution is 2.09. The summed E-state index contributed by atoms with van der Waals surface area (Å²) in [4.78, 5) is 9.24. The van der Waals surface area contributed by atoms with Crippen molar-refractivity contribution in [1.29, 1.82) is 0 Å². The molecule has 2 aromatic carbocycles. The van der Waals surface area contributed by atoms with Gasteiger partial charge in [0.05, 0.1) is 6.20 Å². The maximum Gasteiger partial charge on any atom is 0.318 e. The molecule has 124 valence electrons. The lowest BCUT2D eigenvalue weighted by molar-refractivity contribution is -0.726. The molecule has 0 fully saturated rings. The van der Waals surface area contributed by atoms with Crippen LogP contribution in [-0.2, 0) is 6.54 Å². The molecule has 0 aliphatic carbocycles. The van der Waals surface area contributed by atoms with Crippen molar-refractivity contribution in [3.63, 3.8) is 0 Å². The number of aromatic nitrogens is 4. The Bertz CT molecular complexity index is 1080. The van der Waals surface area contributed by atoms with E-state index in [2.05, 4.69) is 21.5 Å². The molecule has 4 rings (SSSR count).